The molecule has 1 saturated heterocycles. The van der Waals surface area contributed by atoms with Crippen molar-refractivity contribution in [3.63, 3.8) is 0 Å². The molecule has 5 aliphatic rings. The largest absolute Gasteiger partial charge is 0.273 e. The highest BCUT2D eigenvalue weighted by Crippen LogP contribution is 2.64. The van der Waals surface area contributed by atoms with Crippen molar-refractivity contribution in [2.24, 2.45) is 35.5 Å². The summed E-state index contributed by atoms with van der Waals surface area (Å²) in [5, 5.41) is 1.45. The van der Waals surface area contributed by atoms with Crippen LogP contribution < -0.4 is 10.4 Å². The van der Waals surface area contributed by atoms with Gasteiger partial charge in [0.1, 0.15) is 0 Å². The number of allylic oxidation sites excluding steroid dienone is 2. The van der Waals surface area contributed by atoms with Gasteiger partial charge in [-0.05, 0) is 42.2 Å². The zero-order valence-electron chi connectivity index (χ0n) is 11.5. The lowest BCUT2D eigenvalue weighted by Gasteiger charge is -2.48. The molecule has 4 aliphatic carbocycles. The first kappa shape index (κ1) is 11.5. The highest BCUT2D eigenvalue weighted by molar-refractivity contribution is 6.04. The first-order valence-electron chi connectivity index (χ1n) is 7.63. The lowest BCUT2D eigenvalue weighted by atomic mass is 9.61. The molecule has 2 bridgehead atoms. The minimum atomic E-state index is -0.169. The molecule has 2 amide bonds. The lowest BCUT2D eigenvalue weighted by Crippen LogP contribution is -2.64. The molecule has 3 fully saturated rings. The van der Waals surface area contributed by atoms with Crippen LogP contribution in [0.15, 0.2) is 42.5 Å². The number of nitrogens with one attached hydrogen (secondary N) is 1. The Morgan fingerprint density at radius 3 is 2.33 bits per heavy atom. The van der Waals surface area contributed by atoms with Gasteiger partial charge in [-0.1, -0.05) is 30.4 Å². The van der Waals surface area contributed by atoms with Gasteiger partial charge < -0.3 is 0 Å². The maximum Gasteiger partial charge on any atom is 0.250 e. The predicted octanol–water partition coefficient (Wildman–Crippen LogP) is 1.75. The molecule has 1 aliphatic heterocycles. The molecule has 4 nitrogen and oxygen atoms in total. The van der Waals surface area contributed by atoms with Gasteiger partial charge in [0, 0.05) is 0 Å². The number of anilines is 1. The first-order valence-corrected chi connectivity index (χ1v) is 7.63. The molecule has 0 unspecified atom stereocenters. The third-order valence-corrected chi connectivity index (χ3v) is 5.70. The molecule has 106 valence electrons. The molecule has 6 rings (SSSR count). The quantitative estimate of drug-likeness (QED) is 0.797. The van der Waals surface area contributed by atoms with E-state index in [4.69, 9.17) is 0 Å². The van der Waals surface area contributed by atoms with Crippen molar-refractivity contribution in [3.05, 3.63) is 42.5 Å². The SMILES string of the molecule is O=C1NN(c2ccccc2)C(=O)[C@@H]2[C@H]3C=C[C@H]([C@H]4C[C@H]34)[C@H]12. The second-order valence-corrected chi connectivity index (χ2v) is 6.64. The van der Waals surface area contributed by atoms with Gasteiger partial charge in [0.25, 0.3) is 0 Å². The molecule has 1 N–H and O–H groups in total. The molecule has 0 aromatic heterocycles. The molecule has 4 heteroatoms. The maximum atomic E-state index is 12.9. The fourth-order valence-corrected chi connectivity index (χ4v) is 4.73. The monoisotopic (exact) mass is 280 g/mol. The summed E-state index contributed by atoms with van der Waals surface area (Å²) in [4.78, 5) is 25.5. The number of carbonyl (C=O) groups is 2. The van der Waals surface area contributed by atoms with Gasteiger partial charge in [-0.2, -0.15) is 0 Å². The van der Waals surface area contributed by atoms with Crippen LogP contribution in [0.25, 0.3) is 0 Å². The Bertz CT molecular complexity index is 669. The number of nitrogens with zero attached hydrogens (tertiary/aromatic N) is 1. The van der Waals surface area contributed by atoms with E-state index in [9.17, 15) is 9.59 Å². The van der Waals surface area contributed by atoms with E-state index in [0.717, 1.165) is 5.69 Å². The first-order chi connectivity index (χ1) is 10.3. The van der Waals surface area contributed by atoms with Crippen LogP contribution in [0.4, 0.5) is 5.69 Å². The summed E-state index contributed by atoms with van der Waals surface area (Å²) < 4.78 is 0. The van der Waals surface area contributed by atoms with E-state index < -0.39 is 0 Å². The van der Waals surface area contributed by atoms with E-state index in [0.29, 0.717) is 11.8 Å². The summed E-state index contributed by atoms with van der Waals surface area (Å²) in [6.45, 7) is 0. The third kappa shape index (κ3) is 1.40. The minimum absolute atomic E-state index is 0.00755. The van der Waals surface area contributed by atoms with Gasteiger partial charge >= 0.3 is 0 Å². The molecule has 0 spiro atoms. The van der Waals surface area contributed by atoms with Gasteiger partial charge in [-0.3, -0.25) is 15.0 Å². The van der Waals surface area contributed by atoms with Gasteiger partial charge in [0.15, 0.2) is 0 Å². The van der Waals surface area contributed by atoms with E-state index in [1.807, 2.05) is 30.3 Å². The van der Waals surface area contributed by atoms with Crippen LogP contribution in [0.2, 0.25) is 0 Å². The Morgan fingerprint density at radius 2 is 1.62 bits per heavy atom. The highest BCUT2D eigenvalue weighted by Gasteiger charge is 2.64. The Hall–Kier alpha value is -2.10. The predicted molar refractivity (Wildman–Crippen MR) is 76.8 cm³/mol. The maximum absolute atomic E-state index is 12.9. The van der Waals surface area contributed by atoms with Crippen molar-refractivity contribution in [2.45, 2.75) is 6.42 Å². The topological polar surface area (TPSA) is 49.4 Å². The number of hydrogen-bond donors (Lipinski definition) is 1. The third-order valence-electron chi connectivity index (χ3n) is 5.70. The van der Waals surface area contributed by atoms with E-state index in [2.05, 4.69) is 17.6 Å². The summed E-state index contributed by atoms with van der Waals surface area (Å²) in [6.07, 6.45) is 5.56. The van der Waals surface area contributed by atoms with Crippen molar-refractivity contribution < 1.29 is 9.59 Å². The molecule has 6 atom stereocenters. The van der Waals surface area contributed by atoms with Crippen molar-refractivity contribution in [1.82, 2.24) is 5.43 Å². The molecule has 1 heterocycles. The Balaban J connectivity index is 1.56. The van der Waals surface area contributed by atoms with E-state index in [-0.39, 0.29) is 35.5 Å². The summed E-state index contributed by atoms with van der Waals surface area (Å²) in [5.41, 5.74) is 3.56. The highest BCUT2D eigenvalue weighted by atomic mass is 16.2. The fourth-order valence-electron chi connectivity index (χ4n) is 4.73. The second kappa shape index (κ2) is 3.75. The normalized spacial score (nSPS) is 42.4. The van der Waals surface area contributed by atoms with E-state index in [1.54, 1.807) is 0 Å². The molecule has 0 radical (unpaired) electrons. The fraction of sp³-hybridized carbons (Fsp3) is 0.412. The van der Waals surface area contributed by atoms with Crippen molar-refractivity contribution in [3.8, 4) is 0 Å². The van der Waals surface area contributed by atoms with Crippen LogP contribution in [-0.4, -0.2) is 11.8 Å². The van der Waals surface area contributed by atoms with Crippen molar-refractivity contribution >= 4 is 17.5 Å². The standard InChI is InChI=1S/C17H16N2O2/c20-16-14-10-6-7-11(13-8-12(10)13)15(14)17(21)19(18-16)9-4-2-1-3-5-9/h1-7,10-15H,8H2,(H,18,20)/t10-,11+,12-,13-,14+,15-/m1/s1. The number of rotatable bonds is 1. The van der Waals surface area contributed by atoms with E-state index in [1.165, 1.54) is 11.4 Å². The van der Waals surface area contributed by atoms with E-state index >= 15 is 0 Å². The van der Waals surface area contributed by atoms with Gasteiger partial charge in [0.05, 0.1) is 17.5 Å². The molecular weight excluding hydrogens is 264 g/mol. The summed E-state index contributed by atoms with van der Waals surface area (Å²) >= 11 is 0. The van der Waals surface area contributed by atoms with Gasteiger partial charge in [-0.25, -0.2) is 5.01 Å². The van der Waals surface area contributed by atoms with Crippen LogP contribution >= 0.6 is 0 Å². The molecule has 1 aromatic carbocycles. The number of para-hydroxylation sites is 1. The number of benzene rings is 1. The average molecular weight is 280 g/mol. The number of carbonyl (C=O) groups excluding carboxylic acids is 2. The van der Waals surface area contributed by atoms with Crippen LogP contribution in [0.3, 0.4) is 0 Å². The summed E-state index contributed by atoms with van der Waals surface area (Å²) in [7, 11) is 0. The van der Waals surface area contributed by atoms with Gasteiger partial charge in [-0.15, -0.1) is 0 Å². The van der Waals surface area contributed by atoms with Crippen LogP contribution in [0, 0.1) is 35.5 Å². The van der Waals surface area contributed by atoms with Crippen molar-refractivity contribution in [1.29, 1.82) is 0 Å². The summed E-state index contributed by atoms with van der Waals surface area (Å²) in [5.74, 6) is 1.54. The van der Waals surface area contributed by atoms with Crippen LogP contribution in [0.1, 0.15) is 6.42 Å². The molecule has 1 aromatic rings. The Morgan fingerprint density at radius 1 is 0.952 bits per heavy atom. The number of hydrazine groups is 1. The molecule has 21 heavy (non-hydrogen) atoms. The van der Waals surface area contributed by atoms with Crippen molar-refractivity contribution in [2.75, 3.05) is 5.01 Å². The Kier molecular flexibility index (Phi) is 2.06. The number of amides is 2. The number of hydrogen-bond acceptors (Lipinski definition) is 2. The zero-order valence-corrected chi connectivity index (χ0v) is 11.5. The zero-order chi connectivity index (χ0) is 14.1. The lowest BCUT2D eigenvalue weighted by molar-refractivity contribution is -0.146. The Labute approximate surface area is 122 Å². The smallest absolute Gasteiger partial charge is 0.250 e. The molecular formula is C17H16N2O2. The summed E-state index contributed by atoms with van der Waals surface area (Å²) in [6, 6.07) is 9.38. The second-order valence-electron chi connectivity index (χ2n) is 6.64. The van der Waals surface area contributed by atoms with Gasteiger partial charge in [0.2, 0.25) is 11.8 Å². The molecule has 2 saturated carbocycles. The van der Waals surface area contributed by atoms with Crippen LogP contribution in [0.5, 0.6) is 0 Å². The minimum Gasteiger partial charge on any atom is -0.273 e. The van der Waals surface area contributed by atoms with Crippen LogP contribution in [-0.2, 0) is 9.59 Å². The average Bonchev–Trinajstić information content (AvgIpc) is 3.33.